The lowest BCUT2D eigenvalue weighted by atomic mass is 10.2. The molecule has 0 saturated carbocycles. The first kappa shape index (κ1) is 19.1. The molecule has 0 bridgehead atoms. The van der Waals surface area contributed by atoms with Crippen LogP contribution in [0.4, 0.5) is 5.69 Å². The molecule has 1 aliphatic heterocycles. The zero-order chi connectivity index (χ0) is 19.2. The normalized spacial score (nSPS) is 15.0. The van der Waals surface area contributed by atoms with E-state index in [4.69, 9.17) is 4.74 Å². The maximum atomic E-state index is 12.4. The van der Waals surface area contributed by atoms with Crippen molar-refractivity contribution in [2.45, 2.75) is 36.8 Å². The van der Waals surface area contributed by atoms with Crippen molar-refractivity contribution in [3.05, 3.63) is 66.4 Å². The van der Waals surface area contributed by atoms with Crippen molar-refractivity contribution >= 4 is 34.3 Å². The highest BCUT2D eigenvalue weighted by Crippen LogP contribution is 2.26. The molecule has 0 atom stereocenters. The molecule has 2 aromatic carbocycles. The van der Waals surface area contributed by atoms with Crippen molar-refractivity contribution in [3.8, 4) is 0 Å². The highest BCUT2D eigenvalue weighted by Gasteiger charge is 2.14. The van der Waals surface area contributed by atoms with Crippen molar-refractivity contribution < 1.29 is 9.53 Å². The van der Waals surface area contributed by atoms with E-state index in [1.54, 1.807) is 0 Å². The number of ether oxygens (including phenoxy) is 1. The first-order chi connectivity index (χ1) is 13.8. The number of hydrogen-bond acceptors (Lipinski definition) is 3. The number of aryl methyl sites for hydroxylation is 1. The number of fused-ring (bicyclic) bond motifs is 1. The number of para-hydroxylation sites is 1. The predicted molar refractivity (Wildman–Crippen MR) is 117 cm³/mol. The van der Waals surface area contributed by atoms with Crippen LogP contribution >= 0.6 is 11.8 Å². The molecule has 4 rings (SSSR count). The lowest BCUT2D eigenvalue weighted by Crippen LogP contribution is -2.17. The summed E-state index contributed by atoms with van der Waals surface area (Å²) in [7, 11) is 0. The molecule has 1 aliphatic rings. The smallest absolute Gasteiger partial charge is 0.226 e. The van der Waals surface area contributed by atoms with Gasteiger partial charge < -0.3 is 14.6 Å². The van der Waals surface area contributed by atoms with Gasteiger partial charge in [-0.25, -0.2) is 0 Å². The number of aromatic nitrogens is 1. The second-order valence-electron chi connectivity index (χ2n) is 7.19. The molecule has 1 N–H and O–H groups in total. The van der Waals surface area contributed by atoms with Crippen LogP contribution < -0.4 is 5.32 Å². The monoisotopic (exact) mass is 394 g/mol. The molecule has 0 aliphatic carbocycles. The number of nitrogens with one attached hydrogen (secondary N) is 1. The number of thioether (sulfide) groups is 1. The molecule has 1 aromatic heterocycles. The van der Waals surface area contributed by atoms with Crippen molar-refractivity contribution in [1.29, 1.82) is 0 Å². The topological polar surface area (TPSA) is 43.3 Å². The van der Waals surface area contributed by atoms with E-state index in [0.29, 0.717) is 18.2 Å². The van der Waals surface area contributed by atoms with Gasteiger partial charge in [0.2, 0.25) is 5.91 Å². The van der Waals surface area contributed by atoms with Gasteiger partial charge in [-0.2, -0.15) is 11.8 Å². The summed E-state index contributed by atoms with van der Waals surface area (Å²) in [5, 5.41) is 4.94. The van der Waals surface area contributed by atoms with Gasteiger partial charge in [0, 0.05) is 54.6 Å². The van der Waals surface area contributed by atoms with Crippen molar-refractivity contribution in [2.24, 2.45) is 0 Å². The molecule has 146 valence electrons. The Hall–Kier alpha value is -2.24. The first-order valence-electron chi connectivity index (χ1n) is 9.90. The number of rotatable bonds is 7. The fourth-order valence-electron chi connectivity index (χ4n) is 3.58. The van der Waals surface area contributed by atoms with E-state index >= 15 is 0 Å². The number of nitrogens with zero attached hydrogens (tertiary/aromatic N) is 1. The summed E-state index contributed by atoms with van der Waals surface area (Å²) in [6.45, 7) is 2.44. The van der Waals surface area contributed by atoms with Crippen LogP contribution in [-0.4, -0.2) is 28.9 Å². The van der Waals surface area contributed by atoms with Crippen molar-refractivity contribution in [1.82, 2.24) is 4.57 Å². The fraction of sp³-hybridized carbons (Fsp3) is 0.348. The summed E-state index contributed by atoms with van der Waals surface area (Å²) in [5.74, 6) is 1.02. The molecule has 3 aromatic rings. The Labute approximate surface area is 170 Å². The minimum absolute atomic E-state index is 0.0482. The van der Waals surface area contributed by atoms with Gasteiger partial charge in [0.25, 0.3) is 0 Å². The Morgan fingerprint density at radius 2 is 1.96 bits per heavy atom. The lowest BCUT2D eigenvalue weighted by molar-refractivity contribution is -0.116. The van der Waals surface area contributed by atoms with Gasteiger partial charge in [0.15, 0.2) is 0 Å². The Balaban J connectivity index is 1.29. The van der Waals surface area contributed by atoms with Crippen LogP contribution in [0.15, 0.2) is 60.8 Å². The second-order valence-corrected chi connectivity index (χ2v) is 8.48. The van der Waals surface area contributed by atoms with Crippen molar-refractivity contribution in [3.63, 3.8) is 0 Å². The van der Waals surface area contributed by atoms with Crippen LogP contribution in [0.2, 0.25) is 0 Å². The van der Waals surface area contributed by atoms with E-state index in [9.17, 15) is 4.79 Å². The number of anilines is 1. The highest BCUT2D eigenvalue weighted by atomic mass is 32.2. The van der Waals surface area contributed by atoms with Crippen LogP contribution in [0.1, 0.15) is 24.8 Å². The van der Waals surface area contributed by atoms with E-state index in [-0.39, 0.29) is 5.91 Å². The molecule has 5 heteroatoms. The molecule has 1 saturated heterocycles. The minimum atomic E-state index is 0.0482. The van der Waals surface area contributed by atoms with Gasteiger partial charge in [-0.15, -0.1) is 0 Å². The molecular weight excluding hydrogens is 368 g/mol. The number of hydrogen-bond donors (Lipinski definition) is 1. The van der Waals surface area contributed by atoms with E-state index < -0.39 is 0 Å². The first-order valence-corrected chi connectivity index (χ1v) is 10.9. The molecule has 0 spiro atoms. The summed E-state index contributed by atoms with van der Waals surface area (Å²) in [4.78, 5) is 12.4. The number of amides is 1. The molecule has 1 amide bonds. The maximum Gasteiger partial charge on any atom is 0.226 e. The van der Waals surface area contributed by atoms with Crippen LogP contribution in [0, 0.1) is 0 Å². The average molecular weight is 395 g/mol. The van der Waals surface area contributed by atoms with Gasteiger partial charge in [0.05, 0.1) is 0 Å². The van der Waals surface area contributed by atoms with Crippen LogP contribution in [-0.2, 0) is 21.8 Å². The van der Waals surface area contributed by atoms with Gasteiger partial charge in [-0.05, 0) is 48.1 Å². The van der Waals surface area contributed by atoms with Gasteiger partial charge in [0.1, 0.15) is 0 Å². The lowest BCUT2D eigenvalue weighted by Gasteiger charge is -2.21. The minimum Gasteiger partial charge on any atom is -0.381 e. The summed E-state index contributed by atoms with van der Waals surface area (Å²) in [6, 6.07) is 18.6. The molecule has 1 fully saturated rings. The van der Waals surface area contributed by atoms with Crippen molar-refractivity contribution in [2.75, 3.05) is 18.5 Å². The molecular formula is C23H26N2O2S. The van der Waals surface area contributed by atoms with E-state index in [0.717, 1.165) is 37.5 Å². The Morgan fingerprint density at radius 3 is 2.86 bits per heavy atom. The third-order valence-electron chi connectivity index (χ3n) is 5.12. The third-order valence-corrected chi connectivity index (χ3v) is 6.57. The quantitative estimate of drug-likeness (QED) is 0.607. The van der Waals surface area contributed by atoms with Crippen LogP contribution in [0.5, 0.6) is 0 Å². The molecule has 28 heavy (non-hydrogen) atoms. The summed E-state index contributed by atoms with van der Waals surface area (Å²) < 4.78 is 7.56. The van der Waals surface area contributed by atoms with E-state index in [1.807, 2.05) is 42.2 Å². The Bertz CT molecular complexity index is 931. The van der Waals surface area contributed by atoms with E-state index in [2.05, 4.69) is 40.2 Å². The summed E-state index contributed by atoms with van der Waals surface area (Å²) in [6.07, 6.45) is 4.77. The van der Waals surface area contributed by atoms with Gasteiger partial charge in [-0.3, -0.25) is 4.79 Å². The zero-order valence-corrected chi connectivity index (χ0v) is 16.8. The Morgan fingerprint density at radius 1 is 1.11 bits per heavy atom. The zero-order valence-electron chi connectivity index (χ0n) is 16.0. The van der Waals surface area contributed by atoms with Gasteiger partial charge >= 0.3 is 0 Å². The number of benzene rings is 2. The summed E-state index contributed by atoms with van der Waals surface area (Å²) in [5.41, 5.74) is 3.31. The number of carbonyl (C=O) groups excluding carboxylic acids is 1. The second kappa shape index (κ2) is 9.30. The summed E-state index contributed by atoms with van der Waals surface area (Å²) >= 11 is 1.99. The van der Waals surface area contributed by atoms with Gasteiger partial charge in [-0.1, -0.05) is 30.3 Å². The molecule has 0 radical (unpaired) electrons. The average Bonchev–Trinajstić information content (AvgIpc) is 3.15. The van der Waals surface area contributed by atoms with E-state index in [1.165, 1.54) is 16.5 Å². The molecule has 2 heterocycles. The number of carbonyl (C=O) groups is 1. The fourth-order valence-corrected chi connectivity index (χ4v) is 4.71. The molecule has 4 nitrogen and oxygen atoms in total. The molecule has 0 unspecified atom stereocenters. The highest BCUT2D eigenvalue weighted by molar-refractivity contribution is 7.99. The third kappa shape index (κ3) is 4.97. The Kier molecular flexibility index (Phi) is 6.34. The van der Waals surface area contributed by atoms with Crippen LogP contribution in [0.3, 0.4) is 0 Å². The standard InChI is InChI=1S/C23H26N2O2S/c26-23(9-13-25-12-8-19-5-1-2-7-22(19)25)24-20-6-3-4-18(16-20)17-28-21-10-14-27-15-11-21/h1-8,12,16,21H,9-11,13-15,17H2,(H,24,26). The predicted octanol–water partition coefficient (Wildman–Crippen LogP) is 5.08. The maximum absolute atomic E-state index is 12.4. The van der Waals surface area contributed by atoms with Crippen LogP contribution in [0.25, 0.3) is 10.9 Å². The SMILES string of the molecule is O=C(CCn1ccc2ccccc21)Nc1cccc(CSC2CCOCC2)c1. The largest absolute Gasteiger partial charge is 0.381 e.